The first-order chi connectivity index (χ1) is 8.65. The molecule has 1 unspecified atom stereocenters. The smallest absolute Gasteiger partial charge is 0.122 e. The molecule has 102 valence electrons. The molecule has 4 heteroatoms. The molecule has 1 aromatic rings. The maximum Gasteiger partial charge on any atom is 0.122 e. The first-order valence-corrected chi connectivity index (χ1v) is 7.04. The van der Waals surface area contributed by atoms with Gasteiger partial charge in [-0.25, -0.2) is 4.98 Å². The van der Waals surface area contributed by atoms with E-state index in [0.717, 1.165) is 31.5 Å². The van der Waals surface area contributed by atoms with Crippen molar-refractivity contribution < 1.29 is 0 Å². The minimum absolute atomic E-state index is 0.745. The molecule has 1 aliphatic heterocycles. The highest BCUT2D eigenvalue weighted by Crippen LogP contribution is 2.17. The lowest BCUT2D eigenvalue weighted by atomic mass is 10.1. The molecule has 18 heavy (non-hydrogen) atoms. The third kappa shape index (κ3) is 3.82. The average Bonchev–Trinajstić information content (AvgIpc) is 2.90. The number of nitrogens with zero attached hydrogens (tertiary/aromatic N) is 3. The number of nitrogens with one attached hydrogen (secondary N) is 1. The number of aryl methyl sites for hydroxylation is 1. The van der Waals surface area contributed by atoms with E-state index in [1.807, 2.05) is 12.4 Å². The van der Waals surface area contributed by atoms with E-state index < -0.39 is 0 Å². The Balaban J connectivity index is 1.70. The van der Waals surface area contributed by atoms with Gasteiger partial charge < -0.3 is 9.88 Å². The summed E-state index contributed by atoms with van der Waals surface area (Å²) in [4.78, 5) is 6.91. The highest BCUT2D eigenvalue weighted by atomic mass is 15.2. The Hall–Kier alpha value is -0.870. The van der Waals surface area contributed by atoms with Gasteiger partial charge in [0.05, 0.1) is 6.54 Å². The first kappa shape index (κ1) is 13.6. The second-order valence-electron chi connectivity index (χ2n) is 5.90. The van der Waals surface area contributed by atoms with Gasteiger partial charge in [-0.3, -0.25) is 4.90 Å². The summed E-state index contributed by atoms with van der Waals surface area (Å²) < 4.78 is 2.12. The summed E-state index contributed by atoms with van der Waals surface area (Å²) >= 11 is 0. The van der Waals surface area contributed by atoms with E-state index in [4.69, 9.17) is 0 Å². The summed E-state index contributed by atoms with van der Waals surface area (Å²) in [6.45, 7) is 10.2. The third-order valence-corrected chi connectivity index (χ3v) is 3.64. The summed E-state index contributed by atoms with van der Waals surface area (Å²) in [7, 11) is 2.07. The molecule has 1 aromatic heterocycles. The van der Waals surface area contributed by atoms with Gasteiger partial charge in [0.15, 0.2) is 0 Å². The van der Waals surface area contributed by atoms with Crippen LogP contribution < -0.4 is 5.32 Å². The number of hydrogen-bond acceptors (Lipinski definition) is 3. The van der Waals surface area contributed by atoms with Crippen molar-refractivity contribution in [3.05, 3.63) is 18.2 Å². The van der Waals surface area contributed by atoms with Crippen LogP contribution in [-0.2, 0) is 13.6 Å². The molecule has 4 nitrogen and oxygen atoms in total. The summed E-state index contributed by atoms with van der Waals surface area (Å²) in [5.74, 6) is 2.73. The van der Waals surface area contributed by atoms with Gasteiger partial charge in [-0.1, -0.05) is 13.8 Å². The van der Waals surface area contributed by atoms with Crippen LogP contribution in [0.1, 0.15) is 26.1 Å². The van der Waals surface area contributed by atoms with E-state index in [-0.39, 0.29) is 0 Å². The molecule has 1 atom stereocenters. The van der Waals surface area contributed by atoms with E-state index in [9.17, 15) is 0 Å². The van der Waals surface area contributed by atoms with Gasteiger partial charge in [0.1, 0.15) is 5.82 Å². The van der Waals surface area contributed by atoms with Crippen LogP contribution in [0.4, 0.5) is 0 Å². The van der Waals surface area contributed by atoms with Crippen LogP contribution in [-0.4, -0.2) is 40.6 Å². The highest BCUT2D eigenvalue weighted by Gasteiger charge is 2.22. The molecule has 0 radical (unpaired) electrons. The van der Waals surface area contributed by atoms with Crippen LogP contribution in [0.25, 0.3) is 0 Å². The molecular formula is C14H26N4. The predicted octanol–water partition coefficient (Wildman–Crippen LogP) is 1.49. The van der Waals surface area contributed by atoms with Crippen molar-refractivity contribution in [3.8, 4) is 0 Å². The third-order valence-electron chi connectivity index (χ3n) is 3.64. The van der Waals surface area contributed by atoms with Gasteiger partial charge in [-0.15, -0.1) is 0 Å². The first-order valence-electron chi connectivity index (χ1n) is 7.04. The molecule has 0 spiro atoms. The Morgan fingerprint density at radius 3 is 3.00 bits per heavy atom. The van der Waals surface area contributed by atoms with Crippen LogP contribution >= 0.6 is 0 Å². The quantitative estimate of drug-likeness (QED) is 0.830. The minimum atomic E-state index is 0.745. The maximum absolute atomic E-state index is 4.40. The number of aromatic nitrogens is 2. The fourth-order valence-electron chi connectivity index (χ4n) is 2.55. The number of hydrogen-bond donors (Lipinski definition) is 1. The molecule has 1 aliphatic rings. The minimum Gasteiger partial charge on any atom is -0.337 e. The maximum atomic E-state index is 4.40. The summed E-state index contributed by atoms with van der Waals surface area (Å²) in [5.41, 5.74) is 0. The molecular weight excluding hydrogens is 224 g/mol. The van der Waals surface area contributed by atoms with Gasteiger partial charge in [0, 0.05) is 26.0 Å². The molecule has 1 saturated heterocycles. The van der Waals surface area contributed by atoms with E-state index in [1.165, 1.54) is 25.3 Å². The Labute approximate surface area is 110 Å². The van der Waals surface area contributed by atoms with Crippen LogP contribution in [0.3, 0.4) is 0 Å². The Morgan fingerprint density at radius 1 is 1.50 bits per heavy atom. The van der Waals surface area contributed by atoms with Crippen molar-refractivity contribution in [2.45, 2.75) is 26.8 Å². The van der Waals surface area contributed by atoms with Crippen LogP contribution in [0.2, 0.25) is 0 Å². The zero-order valence-electron chi connectivity index (χ0n) is 11.9. The van der Waals surface area contributed by atoms with Gasteiger partial charge >= 0.3 is 0 Å². The number of imidazole rings is 1. The molecule has 2 rings (SSSR count). The van der Waals surface area contributed by atoms with Crippen molar-refractivity contribution in [1.82, 2.24) is 19.8 Å². The molecule has 0 saturated carbocycles. The monoisotopic (exact) mass is 250 g/mol. The molecule has 0 aromatic carbocycles. The zero-order chi connectivity index (χ0) is 13.0. The summed E-state index contributed by atoms with van der Waals surface area (Å²) in [5, 5.41) is 3.57. The molecule has 1 fully saturated rings. The molecule has 0 aliphatic carbocycles. The SMILES string of the molecule is CC(C)CNCC1CCN(Cc2nccn2C)C1. The Bertz CT molecular complexity index is 358. The molecule has 0 amide bonds. The number of rotatable bonds is 6. The predicted molar refractivity (Wildman–Crippen MR) is 74.3 cm³/mol. The average molecular weight is 250 g/mol. The van der Waals surface area contributed by atoms with Gasteiger partial charge in [-0.2, -0.15) is 0 Å². The summed E-state index contributed by atoms with van der Waals surface area (Å²) in [6.07, 6.45) is 5.22. The topological polar surface area (TPSA) is 33.1 Å². The van der Waals surface area contributed by atoms with E-state index in [2.05, 4.69) is 40.7 Å². The summed E-state index contributed by atoms with van der Waals surface area (Å²) in [6, 6.07) is 0. The normalized spacial score (nSPS) is 21.0. The largest absolute Gasteiger partial charge is 0.337 e. The fraction of sp³-hybridized carbons (Fsp3) is 0.786. The van der Waals surface area contributed by atoms with Crippen LogP contribution in [0, 0.1) is 11.8 Å². The Kier molecular flexibility index (Phi) is 4.78. The molecule has 2 heterocycles. The van der Waals surface area contributed by atoms with Gasteiger partial charge in [-0.05, 0) is 37.9 Å². The van der Waals surface area contributed by atoms with Gasteiger partial charge in [0.25, 0.3) is 0 Å². The zero-order valence-corrected chi connectivity index (χ0v) is 11.9. The van der Waals surface area contributed by atoms with E-state index in [1.54, 1.807) is 0 Å². The van der Waals surface area contributed by atoms with Gasteiger partial charge in [0.2, 0.25) is 0 Å². The lowest BCUT2D eigenvalue weighted by molar-refractivity contribution is 0.302. The lowest BCUT2D eigenvalue weighted by Gasteiger charge is -2.16. The standard InChI is InChI=1S/C14H26N4/c1-12(2)8-15-9-13-4-6-18(10-13)11-14-16-5-7-17(14)3/h5,7,12-13,15H,4,6,8-11H2,1-3H3. The van der Waals surface area contributed by atoms with E-state index >= 15 is 0 Å². The van der Waals surface area contributed by atoms with Crippen molar-refractivity contribution in [2.24, 2.45) is 18.9 Å². The van der Waals surface area contributed by atoms with Crippen molar-refractivity contribution in [1.29, 1.82) is 0 Å². The van der Waals surface area contributed by atoms with Crippen LogP contribution in [0.15, 0.2) is 12.4 Å². The second-order valence-corrected chi connectivity index (χ2v) is 5.90. The van der Waals surface area contributed by atoms with E-state index in [0.29, 0.717) is 0 Å². The highest BCUT2D eigenvalue weighted by molar-refractivity contribution is 4.92. The number of likely N-dealkylation sites (tertiary alicyclic amines) is 1. The molecule has 0 bridgehead atoms. The lowest BCUT2D eigenvalue weighted by Crippen LogP contribution is -2.29. The fourth-order valence-corrected chi connectivity index (χ4v) is 2.55. The Morgan fingerprint density at radius 2 is 2.33 bits per heavy atom. The van der Waals surface area contributed by atoms with Crippen molar-refractivity contribution in [3.63, 3.8) is 0 Å². The van der Waals surface area contributed by atoms with Crippen molar-refractivity contribution >= 4 is 0 Å². The van der Waals surface area contributed by atoms with Crippen molar-refractivity contribution in [2.75, 3.05) is 26.2 Å². The second kappa shape index (κ2) is 6.34. The molecule has 1 N–H and O–H groups in total. The van der Waals surface area contributed by atoms with Crippen LogP contribution in [0.5, 0.6) is 0 Å².